The number of hydrogen-bond acceptors (Lipinski definition) is 5. The molecule has 0 spiro atoms. The van der Waals surface area contributed by atoms with E-state index in [9.17, 15) is 0 Å². The molecule has 0 unspecified atom stereocenters. The van der Waals surface area contributed by atoms with Gasteiger partial charge in [0, 0.05) is 59.5 Å². The van der Waals surface area contributed by atoms with E-state index in [1.807, 2.05) is 84.9 Å². The standard InChI is InChI=1S/2C12H8N2.2C6H6Se.C4H8O.Fe/c2*1-3-9-5-6-10-4-2-8-14-12(10)11(9)13-7-1;2*7-6-4-2-1-3-5-6;1-2-4-5-3-1;/h2*1-8H;2*1-5,7H;1-4H2;/q;;;;;+2/p-2. The number of pyridine rings is 4. The van der Waals surface area contributed by atoms with E-state index in [2.05, 4.69) is 100 Å². The van der Waals surface area contributed by atoms with Gasteiger partial charge in [-0.15, -0.1) is 0 Å². The third-order valence-corrected chi connectivity index (χ3v) is 8.15. The fourth-order valence-electron chi connectivity index (χ4n) is 4.71. The molecule has 0 bridgehead atoms. The molecule has 4 aromatic heterocycles. The summed E-state index contributed by atoms with van der Waals surface area (Å²) < 4.78 is 7.34. The number of rotatable bonds is 0. The van der Waals surface area contributed by atoms with Gasteiger partial charge in [-0.05, 0) is 37.1 Å². The normalized spacial score (nSPS) is 11.3. The van der Waals surface area contributed by atoms with Crippen molar-refractivity contribution >= 4 is 84.6 Å². The third kappa shape index (κ3) is 11.3. The van der Waals surface area contributed by atoms with Crippen LogP contribution in [0.3, 0.4) is 0 Å². The van der Waals surface area contributed by atoms with Crippen molar-refractivity contribution in [2.45, 2.75) is 12.8 Å². The first-order chi connectivity index (χ1) is 23.2. The van der Waals surface area contributed by atoms with E-state index in [0.717, 1.165) is 56.8 Å². The third-order valence-electron chi connectivity index (χ3n) is 7.00. The molecule has 240 valence electrons. The van der Waals surface area contributed by atoms with Gasteiger partial charge in [0.05, 0.1) is 22.1 Å². The molecule has 1 aliphatic rings. The van der Waals surface area contributed by atoms with Gasteiger partial charge in [0.15, 0.2) is 0 Å². The van der Waals surface area contributed by atoms with E-state index in [4.69, 9.17) is 4.74 Å². The van der Waals surface area contributed by atoms with Gasteiger partial charge >= 0.3 is 119 Å². The number of nitrogens with zero attached hydrogens (tertiary/aromatic N) is 4. The first-order valence-corrected chi connectivity index (χ1v) is 17.1. The van der Waals surface area contributed by atoms with Crippen LogP contribution in [0.25, 0.3) is 43.6 Å². The van der Waals surface area contributed by atoms with E-state index >= 15 is 0 Å². The maximum atomic E-state index is 4.94. The van der Waals surface area contributed by atoms with E-state index in [-0.39, 0.29) is 17.1 Å². The summed E-state index contributed by atoms with van der Waals surface area (Å²) in [6.45, 7) is 2.00. The minimum atomic E-state index is 0. The summed E-state index contributed by atoms with van der Waals surface area (Å²) in [5.41, 5.74) is 3.91. The van der Waals surface area contributed by atoms with Crippen molar-refractivity contribution in [2.75, 3.05) is 13.2 Å². The van der Waals surface area contributed by atoms with E-state index in [1.54, 1.807) is 24.8 Å². The molecule has 0 saturated carbocycles. The van der Waals surface area contributed by atoms with Crippen LogP contribution in [-0.2, 0) is 21.8 Å². The summed E-state index contributed by atoms with van der Waals surface area (Å²) >= 11 is 5.80. The molecular formula is C40H34FeN4OSe2. The maximum Gasteiger partial charge on any atom is 0.0964 e. The molecule has 1 aliphatic heterocycles. The van der Waals surface area contributed by atoms with Gasteiger partial charge in [-0.2, -0.15) is 0 Å². The average molecular weight is 801 g/mol. The SMILES string of the molecule is C1CCOC1.[Fe+2].[Se-]c1ccccc1.[Se-]c1ccccc1.c1cnc2c(c1)ccc1cccnc12.c1cnc2c(c1)ccc1cccnc12. The second-order valence-corrected chi connectivity index (χ2v) is 12.4. The molecule has 5 heterocycles. The summed E-state index contributed by atoms with van der Waals surface area (Å²) in [6, 6.07) is 44.4. The van der Waals surface area contributed by atoms with Gasteiger partial charge in [-0.25, -0.2) is 0 Å². The number of hydrogen-bond donors (Lipinski definition) is 0. The molecule has 0 N–H and O–H groups in total. The Morgan fingerprint density at radius 3 is 0.875 bits per heavy atom. The Kier molecular flexibility index (Phi) is 15.7. The van der Waals surface area contributed by atoms with E-state index in [1.165, 1.54) is 21.8 Å². The van der Waals surface area contributed by atoms with Crippen molar-refractivity contribution in [3.63, 3.8) is 0 Å². The van der Waals surface area contributed by atoms with Gasteiger partial charge in [0.25, 0.3) is 0 Å². The van der Waals surface area contributed by atoms with Crippen LogP contribution < -0.4 is 8.92 Å². The molecule has 1 fully saturated rings. The summed E-state index contributed by atoms with van der Waals surface area (Å²) in [4.78, 5) is 17.4. The van der Waals surface area contributed by atoms with Crippen LogP contribution in [0.1, 0.15) is 12.8 Å². The minimum Gasteiger partial charge on any atom is -0.254 e. The Morgan fingerprint density at radius 1 is 0.375 bits per heavy atom. The Balaban J connectivity index is 0.000000143. The van der Waals surface area contributed by atoms with Crippen LogP contribution in [0, 0.1) is 0 Å². The number of ether oxygens (including phenoxy) is 1. The van der Waals surface area contributed by atoms with Crippen LogP contribution in [0.4, 0.5) is 0 Å². The summed E-state index contributed by atoms with van der Waals surface area (Å²) in [5.74, 6) is 0. The molecule has 0 atom stereocenters. The summed E-state index contributed by atoms with van der Waals surface area (Å²) in [5, 5.41) is 4.55. The molecule has 1 saturated heterocycles. The molecule has 0 radical (unpaired) electrons. The van der Waals surface area contributed by atoms with Crippen molar-refractivity contribution in [3.05, 3.63) is 158 Å². The topological polar surface area (TPSA) is 60.8 Å². The molecular weight excluding hydrogens is 766 g/mol. The van der Waals surface area contributed by atoms with Gasteiger partial charge < -0.3 is 4.74 Å². The molecule has 8 heteroatoms. The Bertz CT molecular complexity index is 1850. The van der Waals surface area contributed by atoms with Gasteiger partial charge in [-0.1, -0.05) is 48.5 Å². The zero-order valence-corrected chi connectivity index (χ0v) is 30.7. The van der Waals surface area contributed by atoms with Crippen LogP contribution in [0.2, 0.25) is 0 Å². The second kappa shape index (κ2) is 20.4. The van der Waals surface area contributed by atoms with Crippen LogP contribution in [-0.4, -0.2) is 65.2 Å². The first kappa shape index (κ1) is 36.9. The predicted octanol–water partition coefficient (Wildman–Crippen LogP) is 7.32. The Morgan fingerprint density at radius 2 is 0.667 bits per heavy atom. The predicted molar refractivity (Wildman–Crippen MR) is 198 cm³/mol. The van der Waals surface area contributed by atoms with Crippen molar-refractivity contribution in [1.29, 1.82) is 0 Å². The Labute approximate surface area is 308 Å². The van der Waals surface area contributed by atoms with Crippen LogP contribution >= 0.6 is 0 Å². The zero-order valence-electron chi connectivity index (χ0n) is 26.2. The van der Waals surface area contributed by atoms with Gasteiger partial charge in [-0.3, -0.25) is 19.9 Å². The van der Waals surface area contributed by atoms with E-state index in [0.29, 0.717) is 0 Å². The second-order valence-electron chi connectivity index (χ2n) is 10.4. The van der Waals surface area contributed by atoms with Crippen molar-refractivity contribution in [2.24, 2.45) is 0 Å². The molecule has 4 aromatic carbocycles. The molecule has 0 aliphatic carbocycles. The molecule has 9 rings (SSSR count). The molecule has 0 amide bonds. The van der Waals surface area contributed by atoms with Crippen LogP contribution in [0.5, 0.6) is 0 Å². The minimum absolute atomic E-state index is 0. The van der Waals surface area contributed by atoms with Crippen LogP contribution in [0.15, 0.2) is 158 Å². The zero-order chi connectivity index (χ0) is 32.5. The summed E-state index contributed by atoms with van der Waals surface area (Å²) in [6.07, 6.45) is 9.76. The van der Waals surface area contributed by atoms with Crippen molar-refractivity contribution in [1.82, 2.24) is 19.9 Å². The molecule has 5 nitrogen and oxygen atoms in total. The largest absolute Gasteiger partial charge is 0.254 e. The van der Waals surface area contributed by atoms with Crippen molar-refractivity contribution < 1.29 is 21.8 Å². The Hall–Kier alpha value is -3.96. The van der Waals surface area contributed by atoms with Gasteiger partial charge in [0.1, 0.15) is 0 Å². The number of benzene rings is 4. The summed E-state index contributed by atoms with van der Waals surface area (Å²) in [7, 11) is 0. The molecule has 8 aromatic rings. The number of fused-ring (bicyclic) bond motifs is 6. The first-order valence-electron chi connectivity index (χ1n) is 15.4. The smallest absolute Gasteiger partial charge is 0.0964 e. The monoisotopic (exact) mass is 802 g/mol. The van der Waals surface area contributed by atoms with E-state index < -0.39 is 0 Å². The average Bonchev–Trinajstić information content (AvgIpc) is 3.74. The quantitative estimate of drug-likeness (QED) is 0.119. The molecule has 48 heavy (non-hydrogen) atoms. The number of aromatic nitrogens is 4. The maximum absolute atomic E-state index is 4.94. The fraction of sp³-hybridized carbons (Fsp3) is 0.100. The van der Waals surface area contributed by atoms with Crippen molar-refractivity contribution in [3.8, 4) is 0 Å². The van der Waals surface area contributed by atoms with Gasteiger partial charge in [0.2, 0.25) is 0 Å². The fourth-order valence-corrected chi connectivity index (χ4v) is 5.37.